The van der Waals surface area contributed by atoms with Crippen LogP contribution in [-0.4, -0.2) is 20.3 Å². The Morgan fingerprint density at radius 2 is 2.03 bits per heavy atom. The van der Waals surface area contributed by atoms with Crippen molar-refractivity contribution in [2.45, 2.75) is 51.0 Å². The first-order valence-electron chi connectivity index (χ1n) is 10.7. The van der Waals surface area contributed by atoms with E-state index in [0.29, 0.717) is 5.56 Å². The van der Waals surface area contributed by atoms with Gasteiger partial charge in [0.1, 0.15) is 11.6 Å². The Hall–Kier alpha value is -2.73. The second-order valence-corrected chi connectivity index (χ2v) is 9.24. The highest BCUT2D eigenvalue weighted by Gasteiger charge is 2.45. The summed E-state index contributed by atoms with van der Waals surface area (Å²) >= 11 is 6.15. The van der Waals surface area contributed by atoms with Crippen LogP contribution in [0, 0.1) is 11.7 Å². The number of halogens is 2. The molecular weight excluding hydrogens is 415 g/mol. The zero-order valence-corrected chi connectivity index (χ0v) is 18.3. The Balaban J connectivity index is 1.46. The van der Waals surface area contributed by atoms with Crippen molar-refractivity contribution in [3.8, 4) is 5.82 Å². The highest BCUT2D eigenvalue weighted by atomic mass is 35.5. The van der Waals surface area contributed by atoms with E-state index in [-0.39, 0.29) is 28.2 Å². The van der Waals surface area contributed by atoms with E-state index in [9.17, 15) is 9.18 Å². The maximum atomic E-state index is 13.4. The molecule has 1 aliphatic carbocycles. The molecule has 2 aliphatic rings. The predicted molar refractivity (Wildman–Crippen MR) is 118 cm³/mol. The maximum absolute atomic E-state index is 13.4. The number of hydrogen-bond acceptors (Lipinski definition) is 4. The Kier molecular flexibility index (Phi) is 4.85. The number of benzene rings is 1. The summed E-state index contributed by atoms with van der Waals surface area (Å²) in [5.41, 5.74) is 2.20. The summed E-state index contributed by atoms with van der Waals surface area (Å²) in [5, 5.41) is 3.91. The fourth-order valence-corrected chi connectivity index (χ4v) is 5.25. The largest absolute Gasteiger partial charge is 0.371 e. The van der Waals surface area contributed by atoms with Crippen LogP contribution in [0.2, 0.25) is 5.02 Å². The number of aromatic nitrogens is 3. The monoisotopic (exact) mass is 438 g/mol. The summed E-state index contributed by atoms with van der Waals surface area (Å²) < 4.78 is 15.6. The maximum Gasteiger partial charge on any atom is 0.167 e. The zero-order valence-electron chi connectivity index (χ0n) is 17.5. The van der Waals surface area contributed by atoms with E-state index in [1.165, 1.54) is 18.2 Å². The van der Waals surface area contributed by atoms with Crippen LogP contribution in [0.1, 0.15) is 67.3 Å². The highest BCUT2D eigenvalue weighted by molar-refractivity contribution is 6.34. The minimum atomic E-state index is -0.433. The Bertz CT molecular complexity index is 1160. The molecule has 0 unspecified atom stereocenters. The molecule has 3 heterocycles. The van der Waals surface area contributed by atoms with Gasteiger partial charge in [-0.05, 0) is 56.0 Å². The number of pyridine rings is 1. The molecule has 5 nitrogen and oxygen atoms in total. The summed E-state index contributed by atoms with van der Waals surface area (Å²) in [6, 6.07) is 7.98. The number of carbonyl (C=O) groups excluding carboxylic acids is 1. The summed E-state index contributed by atoms with van der Waals surface area (Å²) in [4.78, 5) is 22.4. The minimum Gasteiger partial charge on any atom is -0.371 e. The van der Waals surface area contributed by atoms with Gasteiger partial charge in [0.15, 0.2) is 11.6 Å². The second kappa shape index (κ2) is 7.45. The molecule has 1 spiro atoms. The van der Waals surface area contributed by atoms with Crippen molar-refractivity contribution in [1.82, 2.24) is 14.5 Å². The molecule has 1 aromatic carbocycles. The van der Waals surface area contributed by atoms with E-state index in [2.05, 4.69) is 28.7 Å². The Labute approximate surface area is 185 Å². The average molecular weight is 439 g/mol. The van der Waals surface area contributed by atoms with Crippen LogP contribution in [0.3, 0.4) is 0 Å². The van der Waals surface area contributed by atoms with E-state index in [1.54, 1.807) is 6.20 Å². The number of Topliss-reactive ketones (excluding diaryl/α,β-unsaturated/α-hetero) is 1. The van der Waals surface area contributed by atoms with Gasteiger partial charge in [-0.15, -0.1) is 0 Å². The topological polar surface area (TPSA) is 59.8 Å². The quantitative estimate of drug-likeness (QED) is 0.519. The third kappa shape index (κ3) is 3.24. The van der Waals surface area contributed by atoms with Gasteiger partial charge in [0.25, 0.3) is 0 Å². The molecule has 1 saturated carbocycles. The Morgan fingerprint density at radius 3 is 2.74 bits per heavy atom. The molecule has 0 radical (unpaired) electrons. The third-order valence-electron chi connectivity index (χ3n) is 6.57. The van der Waals surface area contributed by atoms with Crippen molar-refractivity contribution in [1.29, 1.82) is 0 Å². The molecular formula is C24H24ClFN4O. The molecule has 1 aliphatic heterocycles. The van der Waals surface area contributed by atoms with Gasteiger partial charge >= 0.3 is 0 Å². The van der Waals surface area contributed by atoms with Crippen molar-refractivity contribution >= 4 is 23.1 Å². The van der Waals surface area contributed by atoms with Crippen molar-refractivity contribution < 1.29 is 9.18 Å². The summed E-state index contributed by atoms with van der Waals surface area (Å²) in [6.45, 7) is 4.27. The average Bonchev–Trinajstić information content (AvgIpc) is 3.21. The van der Waals surface area contributed by atoms with Gasteiger partial charge in [-0.2, -0.15) is 0 Å². The molecule has 1 N–H and O–H groups in total. The van der Waals surface area contributed by atoms with E-state index in [0.717, 1.165) is 48.7 Å². The molecule has 0 atom stereocenters. The lowest BCUT2D eigenvalue weighted by Crippen LogP contribution is -2.44. The number of hydrogen-bond donors (Lipinski definition) is 1. The standard InChI is InChI=1S/C24H24ClFN4O/c1-14(2)22-28-13-20-24(29-19-4-3-11-27-23(19)30(20)22)9-7-15(8-10-24)21(31)17-6-5-16(26)12-18(17)25/h3-6,11-15,29H,7-10H2,1-2H3. The van der Waals surface area contributed by atoms with E-state index in [1.807, 2.05) is 18.3 Å². The molecule has 1 fully saturated rings. The van der Waals surface area contributed by atoms with Crippen LogP contribution in [0.5, 0.6) is 0 Å². The molecule has 5 rings (SSSR count). The van der Waals surface area contributed by atoms with E-state index >= 15 is 0 Å². The van der Waals surface area contributed by atoms with Gasteiger partial charge < -0.3 is 5.32 Å². The predicted octanol–water partition coefficient (Wildman–Crippen LogP) is 5.88. The normalized spacial score (nSPS) is 22.2. The molecule has 0 saturated heterocycles. The third-order valence-corrected chi connectivity index (χ3v) is 6.89. The Morgan fingerprint density at radius 1 is 1.26 bits per heavy atom. The van der Waals surface area contributed by atoms with Gasteiger partial charge in [-0.3, -0.25) is 9.36 Å². The van der Waals surface area contributed by atoms with E-state index in [4.69, 9.17) is 16.6 Å². The highest BCUT2D eigenvalue weighted by Crippen LogP contribution is 2.48. The van der Waals surface area contributed by atoms with Crippen LogP contribution >= 0.6 is 11.6 Å². The lowest BCUT2D eigenvalue weighted by Gasteiger charge is -2.44. The summed E-state index contributed by atoms with van der Waals surface area (Å²) in [5.74, 6) is 1.56. The second-order valence-electron chi connectivity index (χ2n) is 8.84. The van der Waals surface area contributed by atoms with Crippen LogP contribution in [0.4, 0.5) is 10.1 Å². The van der Waals surface area contributed by atoms with Crippen LogP contribution in [0.25, 0.3) is 5.82 Å². The first-order chi connectivity index (χ1) is 14.9. The number of rotatable bonds is 3. The smallest absolute Gasteiger partial charge is 0.167 e. The molecule has 160 valence electrons. The lowest BCUT2D eigenvalue weighted by molar-refractivity contribution is 0.0864. The SMILES string of the molecule is CC(C)c1ncc2n1-c1ncccc1NC21CCC(C(=O)c2ccc(F)cc2Cl)CC1. The molecule has 2 aromatic heterocycles. The van der Waals surface area contributed by atoms with Crippen LogP contribution in [0.15, 0.2) is 42.7 Å². The summed E-state index contributed by atoms with van der Waals surface area (Å²) in [6.07, 6.45) is 6.78. The molecule has 31 heavy (non-hydrogen) atoms. The first-order valence-corrected chi connectivity index (χ1v) is 11.1. The molecule has 0 amide bonds. The van der Waals surface area contributed by atoms with Gasteiger partial charge in [0.05, 0.1) is 28.1 Å². The minimum absolute atomic E-state index is 0.00546. The lowest BCUT2D eigenvalue weighted by atomic mass is 9.72. The van der Waals surface area contributed by atoms with Gasteiger partial charge in [0, 0.05) is 23.6 Å². The number of ketones is 1. The van der Waals surface area contributed by atoms with E-state index < -0.39 is 5.82 Å². The van der Waals surface area contributed by atoms with Gasteiger partial charge in [-0.1, -0.05) is 25.4 Å². The van der Waals surface area contributed by atoms with Crippen LogP contribution < -0.4 is 5.32 Å². The fraction of sp³-hybridized carbons (Fsp3) is 0.375. The number of nitrogens with zero attached hydrogens (tertiary/aromatic N) is 3. The molecule has 3 aromatic rings. The number of imidazole rings is 1. The number of anilines is 1. The summed E-state index contributed by atoms with van der Waals surface area (Å²) in [7, 11) is 0. The van der Waals surface area contributed by atoms with Gasteiger partial charge in [0.2, 0.25) is 0 Å². The van der Waals surface area contributed by atoms with Crippen molar-refractivity contribution in [3.63, 3.8) is 0 Å². The fourth-order valence-electron chi connectivity index (χ4n) is 4.99. The first kappa shape index (κ1) is 20.2. The molecule has 0 bridgehead atoms. The number of carbonyl (C=O) groups is 1. The van der Waals surface area contributed by atoms with Crippen molar-refractivity contribution in [3.05, 3.63) is 70.6 Å². The van der Waals surface area contributed by atoms with Crippen molar-refractivity contribution in [2.24, 2.45) is 5.92 Å². The van der Waals surface area contributed by atoms with Crippen LogP contribution in [-0.2, 0) is 5.54 Å². The zero-order chi connectivity index (χ0) is 21.8. The van der Waals surface area contributed by atoms with Crippen molar-refractivity contribution in [2.75, 3.05) is 5.32 Å². The number of nitrogens with one attached hydrogen (secondary N) is 1. The number of fused-ring (bicyclic) bond motifs is 4. The molecule has 7 heteroatoms. The van der Waals surface area contributed by atoms with Gasteiger partial charge in [-0.25, -0.2) is 14.4 Å².